The Morgan fingerprint density at radius 1 is 1.10 bits per heavy atom. The zero-order valence-corrected chi connectivity index (χ0v) is 20.9. The highest BCUT2D eigenvalue weighted by Gasteiger charge is 2.27. The van der Waals surface area contributed by atoms with E-state index in [9.17, 15) is 0 Å². The number of nitrogens with zero attached hydrogens (tertiary/aromatic N) is 5. The van der Waals surface area contributed by atoms with Crippen molar-refractivity contribution in [2.75, 3.05) is 39.0 Å². The summed E-state index contributed by atoms with van der Waals surface area (Å²) < 4.78 is 2.41. The summed E-state index contributed by atoms with van der Waals surface area (Å²) in [7, 11) is 0. The maximum Gasteiger partial charge on any atom is 0.191 e. The van der Waals surface area contributed by atoms with Crippen molar-refractivity contribution in [3.63, 3.8) is 0 Å². The second kappa shape index (κ2) is 12.1. The van der Waals surface area contributed by atoms with Crippen molar-refractivity contribution >= 4 is 17.7 Å². The number of aryl methyl sites for hydroxylation is 1. The quantitative estimate of drug-likeness (QED) is 0.245. The van der Waals surface area contributed by atoms with Gasteiger partial charge in [-0.15, -0.1) is 10.2 Å². The van der Waals surface area contributed by atoms with E-state index in [4.69, 9.17) is 4.99 Å². The molecule has 2 N–H and O–H groups in total. The Hall–Kier alpha value is -1.28. The molecule has 1 aliphatic carbocycles. The summed E-state index contributed by atoms with van der Waals surface area (Å²) >= 11 is 1.71. The lowest BCUT2D eigenvalue weighted by atomic mass is 9.99. The van der Waals surface area contributed by atoms with Crippen LogP contribution < -0.4 is 10.6 Å². The number of hydrogen-bond acceptors (Lipinski definition) is 5. The van der Waals surface area contributed by atoms with Crippen molar-refractivity contribution in [1.29, 1.82) is 0 Å². The molecule has 176 valence electrons. The van der Waals surface area contributed by atoms with Gasteiger partial charge in [0.2, 0.25) is 0 Å². The maximum absolute atomic E-state index is 4.92. The van der Waals surface area contributed by atoms with Gasteiger partial charge in [0.1, 0.15) is 5.82 Å². The molecule has 0 amide bonds. The molecule has 2 aliphatic rings. The minimum atomic E-state index is 0.106. The average molecular weight is 450 g/mol. The third-order valence-corrected chi connectivity index (χ3v) is 7.30. The van der Waals surface area contributed by atoms with Crippen LogP contribution in [0.15, 0.2) is 10.1 Å². The maximum atomic E-state index is 4.92. The van der Waals surface area contributed by atoms with Crippen LogP contribution in [0.25, 0.3) is 0 Å². The number of rotatable bonds is 10. The molecule has 7 nitrogen and oxygen atoms in total. The first kappa shape index (κ1) is 24.4. The molecule has 3 rings (SSSR count). The highest BCUT2D eigenvalue weighted by atomic mass is 32.2. The predicted octanol–water partition coefficient (Wildman–Crippen LogP) is 3.87. The van der Waals surface area contributed by atoms with Gasteiger partial charge in [-0.1, -0.05) is 31.0 Å². The van der Waals surface area contributed by atoms with Crippen molar-refractivity contribution in [3.05, 3.63) is 5.82 Å². The topological polar surface area (TPSA) is 70.4 Å². The molecule has 2 fully saturated rings. The molecule has 0 unspecified atom stereocenters. The lowest BCUT2D eigenvalue weighted by Gasteiger charge is -2.40. The van der Waals surface area contributed by atoms with Crippen molar-refractivity contribution in [1.82, 2.24) is 30.3 Å². The summed E-state index contributed by atoms with van der Waals surface area (Å²) in [5.41, 5.74) is 0.106. The van der Waals surface area contributed by atoms with E-state index in [0.717, 1.165) is 49.4 Å². The van der Waals surface area contributed by atoms with E-state index in [1.54, 1.807) is 11.8 Å². The molecule has 1 aromatic heterocycles. The normalized spacial score (nSPS) is 19.2. The van der Waals surface area contributed by atoms with Crippen molar-refractivity contribution in [2.45, 2.75) is 95.3 Å². The van der Waals surface area contributed by atoms with E-state index in [-0.39, 0.29) is 5.54 Å². The summed E-state index contributed by atoms with van der Waals surface area (Å²) in [5, 5.41) is 17.0. The fourth-order valence-corrected chi connectivity index (χ4v) is 5.39. The Bertz CT molecular complexity index is 688. The van der Waals surface area contributed by atoms with Crippen LogP contribution in [-0.4, -0.2) is 70.1 Å². The lowest BCUT2D eigenvalue weighted by Crippen LogP contribution is -2.49. The molecular formula is C23H43N7S. The highest BCUT2D eigenvalue weighted by molar-refractivity contribution is 7.98. The number of piperidine rings is 1. The zero-order chi connectivity index (χ0) is 22.1. The largest absolute Gasteiger partial charge is 0.357 e. The van der Waals surface area contributed by atoms with Gasteiger partial charge in [-0.05, 0) is 72.2 Å². The van der Waals surface area contributed by atoms with E-state index < -0.39 is 0 Å². The van der Waals surface area contributed by atoms with Gasteiger partial charge in [-0.2, -0.15) is 0 Å². The van der Waals surface area contributed by atoms with Crippen LogP contribution in [0.1, 0.15) is 84.0 Å². The van der Waals surface area contributed by atoms with Gasteiger partial charge in [-0.25, -0.2) is 0 Å². The number of aliphatic imine (C=N–C) groups is 1. The minimum Gasteiger partial charge on any atom is -0.357 e. The highest BCUT2D eigenvalue weighted by Crippen LogP contribution is 2.33. The standard InChI is InChI=1S/C23H43N7S/c1-5-24-21(26-18-23(2,3)29-16-9-6-10-17-29)25-15-11-14-20-27-28-22(31-4)30(20)19-12-7-8-13-19/h19H,5-18H2,1-4H3,(H2,24,25,26). The molecule has 0 spiro atoms. The SMILES string of the molecule is CCNC(=NCC(C)(C)N1CCCCC1)NCCCc1nnc(SC)n1C1CCCC1. The van der Waals surface area contributed by atoms with E-state index in [1.165, 1.54) is 58.0 Å². The third kappa shape index (κ3) is 6.85. The van der Waals surface area contributed by atoms with Crippen LogP contribution >= 0.6 is 11.8 Å². The Morgan fingerprint density at radius 2 is 1.84 bits per heavy atom. The summed E-state index contributed by atoms with van der Waals surface area (Å²) in [6, 6.07) is 0.594. The van der Waals surface area contributed by atoms with Gasteiger partial charge in [0.05, 0.1) is 6.54 Å². The van der Waals surface area contributed by atoms with Gasteiger partial charge in [0.25, 0.3) is 0 Å². The van der Waals surface area contributed by atoms with Gasteiger partial charge in [0.15, 0.2) is 11.1 Å². The molecule has 1 aromatic rings. The molecular weight excluding hydrogens is 406 g/mol. The molecule has 1 aliphatic heterocycles. The third-order valence-electron chi connectivity index (χ3n) is 6.66. The van der Waals surface area contributed by atoms with Crippen molar-refractivity contribution < 1.29 is 0 Å². The predicted molar refractivity (Wildman–Crippen MR) is 131 cm³/mol. The molecule has 31 heavy (non-hydrogen) atoms. The van der Waals surface area contributed by atoms with Crippen molar-refractivity contribution in [3.8, 4) is 0 Å². The number of hydrogen-bond donors (Lipinski definition) is 2. The number of thioether (sulfide) groups is 1. The monoisotopic (exact) mass is 449 g/mol. The van der Waals surface area contributed by atoms with E-state index >= 15 is 0 Å². The summed E-state index contributed by atoms with van der Waals surface area (Å²) in [6.45, 7) is 11.8. The van der Waals surface area contributed by atoms with Crippen LogP contribution in [-0.2, 0) is 6.42 Å². The smallest absolute Gasteiger partial charge is 0.191 e. The first-order valence-electron chi connectivity index (χ1n) is 12.3. The molecule has 0 radical (unpaired) electrons. The fourth-order valence-electron chi connectivity index (χ4n) is 4.81. The first-order valence-corrected chi connectivity index (χ1v) is 13.5. The van der Waals surface area contributed by atoms with Crippen LogP contribution in [0.4, 0.5) is 0 Å². The Morgan fingerprint density at radius 3 is 2.52 bits per heavy atom. The second-order valence-corrected chi connectivity index (χ2v) is 10.3. The van der Waals surface area contributed by atoms with Gasteiger partial charge in [0, 0.05) is 31.1 Å². The lowest BCUT2D eigenvalue weighted by molar-refractivity contribution is 0.102. The number of aromatic nitrogens is 3. The van der Waals surface area contributed by atoms with Gasteiger partial charge < -0.3 is 15.2 Å². The summed E-state index contributed by atoms with van der Waals surface area (Å²) in [5.74, 6) is 2.07. The van der Waals surface area contributed by atoms with Gasteiger partial charge in [-0.3, -0.25) is 9.89 Å². The summed E-state index contributed by atoms with van der Waals surface area (Å²) in [6.07, 6.45) is 13.3. The van der Waals surface area contributed by atoms with Crippen LogP contribution in [0.5, 0.6) is 0 Å². The Balaban J connectivity index is 1.50. The number of likely N-dealkylation sites (tertiary alicyclic amines) is 1. The van der Waals surface area contributed by atoms with Crippen LogP contribution in [0.3, 0.4) is 0 Å². The molecule has 0 bridgehead atoms. The van der Waals surface area contributed by atoms with Crippen molar-refractivity contribution in [2.24, 2.45) is 4.99 Å². The molecule has 2 heterocycles. The molecule has 0 atom stereocenters. The zero-order valence-electron chi connectivity index (χ0n) is 20.1. The summed E-state index contributed by atoms with van der Waals surface area (Å²) in [4.78, 5) is 7.52. The molecule has 1 saturated carbocycles. The number of nitrogens with one attached hydrogen (secondary N) is 2. The van der Waals surface area contributed by atoms with Crippen LogP contribution in [0.2, 0.25) is 0 Å². The fraction of sp³-hybridized carbons (Fsp3) is 0.870. The Labute approximate surface area is 193 Å². The molecule has 0 aromatic carbocycles. The molecule has 1 saturated heterocycles. The molecule has 8 heteroatoms. The second-order valence-electron chi connectivity index (χ2n) is 9.50. The van der Waals surface area contributed by atoms with E-state index in [1.807, 2.05) is 0 Å². The average Bonchev–Trinajstić information content (AvgIpc) is 3.45. The Kier molecular flexibility index (Phi) is 9.50. The number of guanidine groups is 1. The minimum absolute atomic E-state index is 0.106. The van der Waals surface area contributed by atoms with E-state index in [2.05, 4.69) is 57.3 Å². The first-order chi connectivity index (χ1) is 15.0. The van der Waals surface area contributed by atoms with Gasteiger partial charge >= 0.3 is 0 Å². The van der Waals surface area contributed by atoms with Crippen LogP contribution in [0, 0.1) is 0 Å². The van der Waals surface area contributed by atoms with E-state index in [0.29, 0.717) is 6.04 Å².